The average Bonchev–Trinajstić information content (AvgIpc) is 3.22. The molecule has 1 aliphatic rings. The zero-order chi connectivity index (χ0) is 24.1. The normalized spacial score (nSPS) is 13.5. The first-order valence-corrected chi connectivity index (χ1v) is 11.6. The van der Waals surface area contributed by atoms with E-state index in [0.717, 1.165) is 22.4 Å². The van der Waals surface area contributed by atoms with Crippen LogP contribution in [-0.4, -0.2) is 17.4 Å². The van der Waals surface area contributed by atoms with E-state index >= 15 is 0 Å². The Bertz CT molecular complexity index is 1390. The van der Waals surface area contributed by atoms with Crippen LogP contribution in [-0.2, 0) is 10.2 Å². The molecule has 5 rings (SSSR count). The van der Waals surface area contributed by atoms with Gasteiger partial charge in [-0.1, -0.05) is 97.6 Å². The summed E-state index contributed by atoms with van der Waals surface area (Å²) in [6, 6.07) is 30.8. The number of carbonyl (C=O) groups is 1. The molecule has 0 unspecified atom stereocenters. The first-order chi connectivity index (χ1) is 17.3. The van der Waals surface area contributed by atoms with E-state index in [1.165, 1.54) is 17.4 Å². The summed E-state index contributed by atoms with van der Waals surface area (Å²) in [5.74, 6) is -0.0834. The molecule has 3 aromatic carbocycles. The fourth-order valence-corrected chi connectivity index (χ4v) is 4.93. The molecule has 0 amide bonds. The van der Waals surface area contributed by atoms with E-state index in [1.807, 2.05) is 36.5 Å². The molecule has 0 N–H and O–H groups in total. The minimum atomic E-state index is -0.624. The molecule has 0 saturated carbocycles. The van der Waals surface area contributed by atoms with Crippen LogP contribution in [0.15, 0.2) is 134 Å². The molecule has 0 aliphatic heterocycles. The molecule has 0 saturated heterocycles. The lowest BCUT2D eigenvalue weighted by molar-refractivity contribution is 0.0886. The van der Waals surface area contributed by atoms with Crippen molar-refractivity contribution in [1.82, 2.24) is 4.98 Å². The van der Waals surface area contributed by atoms with Crippen molar-refractivity contribution < 1.29 is 9.53 Å². The molecular weight excluding hydrogens is 430 g/mol. The van der Waals surface area contributed by atoms with Crippen LogP contribution >= 0.6 is 0 Å². The zero-order valence-electron chi connectivity index (χ0n) is 19.3. The molecule has 3 nitrogen and oxygen atoms in total. The third kappa shape index (κ3) is 3.91. The molecule has 0 bridgehead atoms. The molecule has 1 heterocycles. The Hall–Kier alpha value is -4.50. The number of pyridine rings is 1. The first-order valence-electron chi connectivity index (χ1n) is 11.6. The maximum Gasteiger partial charge on any atom is 0.200 e. The van der Waals surface area contributed by atoms with Crippen molar-refractivity contribution in [3.63, 3.8) is 0 Å². The van der Waals surface area contributed by atoms with Gasteiger partial charge < -0.3 is 4.74 Å². The summed E-state index contributed by atoms with van der Waals surface area (Å²) >= 11 is 0. The quantitative estimate of drug-likeness (QED) is 0.145. The molecule has 0 spiro atoms. The molecule has 0 atom stereocenters. The topological polar surface area (TPSA) is 39.2 Å². The number of allylic oxidation sites excluding steroid dienone is 4. The van der Waals surface area contributed by atoms with Gasteiger partial charge in [0.05, 0.1) is 17.4 Å². The minimum Gasteiger partial charge on any atom is -0.493 e. The molecule has 35 heavy (non-hydrogen) atoms. The Morgan fingerprint density at radius 1 is 0.829 bits per heavy atom. The summed E-state index contributed by atoms with van der Waals surface area (Å²) in [6.45, 7) is 3.59. The van der Waals surface area contributed by atoms with Gasteiger partial charge in [0.15, 0.2) is 12.4 Å². The van der Waals surface area contributed by atoms with Crippen LogP contribution in [0.25, 0.3) is 11.1 Å². The van der Waals surface area contributed by atoms with Gasteiger partial charge in [0.25, 0.3) is 0 Å². The van der Waals surface area contributed by atoms with Crippen molar-refractivity contribution in [2.45, 2.75) is 5.41 Å². The number of aromatic nitrogens is 1. The van der Waals surface area contributed by atoms with Crippen LogP contribution in [0.4, 0.5) is 0 Å². The number of hydrogen-bond acceptors (Lipinski definition) is 3. The number of carbonyl (C=O) groups excluding carboxylic acids is 1. The molecule has 3 heteroatoms. The predicted molar refractivity (Wildman–Crippen MR) is 140 cm³/mol. The fraction of sp³-hybridized carbons (Fsp3) is 0.0625. The number of fused-ring (bicyclic) bond motifs is 3. The summed E-state index contributed by atoms with van der Waals surface area (Å²) in [5.41, 5.74) is 6.61. The molecule has 0 radical (unpaired) electrons. The van der Waals surface area contributed by atoms with E-state index in [9.17, 15) is 4.79 Å². The van der Waals surface area contributed by atoms with Crippen molar-refractivity contribution in [3.05, 3.63) is 162 Å². The Labute approximate surface area is 205 Å². The molecule has 170 valence electrons. The van der Waals surface area contributed by atoms with Crippen molar-refractivity contribution in [1.29, 1.82) is 0 Å². The van der Waals surface area contributed by atoms with Crippen molar-refractivity contribution in [3.8, 4) is 11.1 Å². The predicted octanol–water partition coefficient (Wildman–Crippen LogP) is 6.90. The monoisotopic (exact) mass is 455 g/mol. The second-order valence-corrected chi connectivity index (χ2v) is 8.32. The lowest BCUT2D eigenvalue weighted by atomic mass is 9.69. The van der Waals surface area contributed by atoms with E-state index in [1.54, 1.807) is 24.3 Å². The maximum atomic E-state index is 13.0. The Morgan fingerprint density at radius 3 is 2.23 bits per heavy atom. The largest absolute Gasteiger partial charge is 0.493 e. The van der Waals surface area contributed by atoms with Gasteiger partial charge in [-0.25, -0.2) is 0 Å². The van der Waals surface area contributed by atoms with Crippen LogP contribution in [0.5, 0.6) is 0 Å². The van der Waals surface area contributed by atoms with E-state index in [0.29, 0.717) is 5.56 Å². The Kier molecular flexibility index (Phi) is 6.23. The molecule has 1 aliphatic carbocycles. The summed E-state index contributed by atoms with van der Waals surface area (Å²) in [5, 5.41) is 0. The van der Waals surface area contributed by atoms with Gasteiger partial charge in [-0.3, -0.25) is 9.78 Å². The van der Waals surface area contributed by atoms with Crippen molar-refractivity contribution >= 4 is 5.78 Å². The van der Waals surface area contributed by atoms with E-state index in [2.05, 4.69) is 67.2 Å². The zero-order valence-corrected chi connectivity index (χ0v) is 19.3. The third-order valence-corrected chi connectivity index (χ3v) is 6.37. The van der Waals surface area contributed by atoms with Crippen molar-refractivity contribution in [2.24, 2.45) is 0 Å². The summed E-state index contributed by atoms with van der Waals surface area (Å²) < 4.78 is 5.46. The SMILES string of the molecule is C=C/C=C\C=C/OCC(=O)c1cccc(C2(c3ccccn3)c3ccccc3-c3ccccc32)c1. The van der Waals surface area contributed by atoms with Gasteiger partial charge in [-0.15, -0.1) is 0 Å². The van der Waals surface area contributed by atoms with Gasteiger partial charge in [-0.05, 0) is 52.1 Å². The fourth-order valence-electron chi connectivity index (χ4n) is 4.93. The van der Waals surface area contributed by atoms with Gasteiger partial charge in [0, 0.05) is 11.8 Å². The first kappa shape index (κ1) is 22.3. The maximum absolute atomic E-state index is 13.0. The number of hydrogen-bond donors (Lipinski definition) is 0. The number of ether oxygens (including phenoxy) is 1. The van der Waals surface area contributed by atoms with Gasteiger partial charge in [0.2, 0.25) is 0 Å². The van der Waals surface area contributed by atoms with Gasteiger partial charge in [-0.2, -0.15) is 0 Å². The van der Waals surface area contributed by atoms with Gasteiger partial charge >= 0.3 is 0 Å². The second kappa shape index (κ2) is 9.78. The highest BCUT2D eigenvalue weighted by Crippen LogP contribution is 2.55. The molecule has 1 aromatic heterocycles. The molecule has 0 fully saturated rings. The minimum absolute atomic E-state index is 0.0361. The van der Waals surface area contributed by atoms with Crippen LogP contribution in [0.3, 0.4) is 0 Å². The van der Waals surface area contributed by atoms with E-state index in [-0.39, 0.29) is 12.4 Å². The Morgan fingerprint density at radius 2 is 1.54 bits per heavy atom. The van der Waals surface area contributed by atoms with Crippen LogP contribution in [0.2, 0.25) is 0 Å². The highest BCUT2D eigenvalue weighted by molar-refractivity contribution is 5.97. The smallest absolute Gasteiger partial charge is 0.200 e. The summed E-state index contributed by atoms with van der Waals surface area (Å²) in [4.78, 5) is 17.9. The second-order valence-electron chi connectivity index (χ2n) is 8.32. The molecule has 4 aromatic rings. The number of benzene rings is 3. The van der Waals surface area contributed by atoms with Crippen LogP contribution in [0.1, 0.15) is 32.7 Å². The molecular formula is C32H25NO2. The van der Waals surface area contributed by atoms with Crippen molar-refractivity contribution in [2.75, 3.05) is 6.61 Å². The highest BCUT2D eigenvalue weighted by atomic mass is 16.5. The summed E-state index contributed by atoms with van der Waals surface area (Å²) in [6.07, 6.45) is 10.3. The lowest BCUT2D eigenvalue weighted by Gasteiger charge is -2.32. The van der Waals surface area contributed by atoms with Crippen LogP contribution < -0.4 is 0 Å². The van der Waals surface area contributed by atoms with E-state index < -0.39 is 5.41 Å². The number of ketones is 1. The lowest BCUT2D eigenvalue weighted by Crippen LogP contribution is -2.30. The Balaban J connectivity index is 1.63. The van der Waals surface area contributed by atoms with Gasteiger partial charge in [0.1, 0.15) is 0 Å². The number of rotatable bonds is 8. The number of nitrogens with zero attached hydrogens (tertiary/aromatic N) is 1. The number of Topliss-reactive ketones (excluding diaryl/α,β-unsaturated/α-hetero) is 1. The standard InChI is InChI=1S/C32H25NO2/c1-2-3-4-11-21-35-23-30(34)24-13-12-14-25(22-24)32(31-19-9-10-20-33-31)28-17-7-5-15-26(28)27-16-6-8-18-29(27)32/h2-22H,1,23H2/b4-3-,21-11-. The van der Waals surface area contributed by atoms with Crippen LogP contribution in [0, 0.1) is 0 Å². The third-order valence-electron chi connectivity index (χ3n) is 6.37. The summed E-state index contributed by atoms with van der Waals surface area (Å²) in [7, 11) is 0. The highest BCUT2D eigenvalue weighted by Gasteiger charge is 2.47. The van der Waals surface area contributed by atoms with E-state index in [4.69, 9.17) is 9.72 Å². The average molecular weight is 456 g/mol.